The zero-order valence-electron chi connectivity index (χ0n) is 22.7. The van der Waals surface area contributed by atoms with Crippen LogP contribution in [-0.2, 0) is 25.6 Å². The molecule has 3 saturated carbocycles. The third-order valence-corrected chi connectivity index (χ3v) is 10.2. The second-order valence-electron chi connectivity index (χ2n) is 12.6. The molecule has 5 rings (SSSR count). The van der Waals surface area contributed by atoms with Crippen LogP contribution in [0.25, 0.3) is 0 Å². The van der Waals surface area contributed by atoms with E-state index in [0.29, 0.717) is 26.1 Å². The molecule has 0 aromatic heterocycles. The van der Waals surface area contributed by atoms with Gasteiger partial charge in [-0.3, -0.25) is 9.59 Å². The fourth-order valence-corrected chi connectivity index (χ4v) is 7.98. The Kier molecular flexibility index (Phi) is 8.13. The largest absolute Gasteiger partial charge is 0.393 e. The predicted molar refractivity (Wildman–Crippen MR) is 140 cm³/mol. The van der Waals surface area contributed by atoms with Crippen molar-refractivity contribution in [2.75, 3.05) is 13.2 Å². The number of carbonyl (C=O) groups is 2. The van der Waals surface area contributed by atoms with Gasteiger partial charge in [0.1, 0.15) is 5.82 Å². The summed E-state index contributed by atoms with van der Waals surface area (Å²) >= 11 is 0. The summed E-state index contributed by atoms with van der Waals surface area (Å²) in [4.78, 5) is 25.4. The number of hydrogen-bond acceptors (Lipinski definition) is 5. The molecule has 0 spiro atoms. The third kappa shape index (κ3) is 5.50. The molecule has 0 radical (unpaired) electrons. The number of halogens is 1. The lowest BCUT2D eigenvalue weighted by Gasteiger charge is -2.63. The van der Waals surface area contributed by atoms with Crippen molar-refractivity contribution in [3.8, 4) is 0 Å². The summed E-state index contributed by atoms with van der Waals surface area (Å²) in [6.07, 6.45) is 6.72. The summed E-state index contributed by atoms with van der Waals surface area (Å²) in [5.41, 5.74) is 0.403. The van der Waals surface area contributed by atoms with Crippen LogP contribution in [0, 0.1) is 34.4 Å². The molecule has 38 heavy (non-hydrogen) atoms. The summed E-state index contributed by atoms with van der Waals surface area (Å²) in [5, 5.41) is 17.0. The van der Waals surface area contributed by atoms with Gasteiger partial charge in [0.2, 0.25) is 11.8 Å². The van der Waals surface area contributed by atoms with Gasteiger partial charge in [0, 0.05) is 24.3 Å². The van der Waals surface area contributed by atoms with E-state index < -0.39 is 12.4 Å². The van der Waals surface area contributed by atoms with E-state index in [4.69, 9.17) is 9.47 Å². The minimum Gasteiger partial charge on any atom is -0.393 e. The first-order valence-electron chi connectivity index (χ1n) is 14.4. The van der Waals surface area contributed by atoms with Gasteiger partial charge in [0.25, 0.3) is 0 Å². The van der Waals surface area contributed by atoms with Crippen molar-refractivity contribution in [2.24, 2.45) is 28.6 Å². The Hall–Kier alpha value is -2.03. The zero-order chi connectivity index (χ0) is 26.9. The number of ether oxygens (including phenoxy) is 2. The molecular formula is C30H43FN2O5. The van der Waals surface area contributed by atoms with Crippen LogP contribution in [-0.4, -0.2) is 48.6 Å². The molecule has 8 heteroatoms. The first-order valence-corrected chi connectivity index (χ1v) is 14.4. The number of fused-ring (bicyclic) bond motifs is 3. The van der Waals surface area contributed by atoms with Gasteiger partial charge in [0.15, 0.2) is 6.29 Å². The first kappa shape index (κ1) is 27.5. The zero-order valence-corrected chi connectivity index (χ0v) is 22.7. The highest BCUT2D eigenvalue weighted by Gasteiger charge is 2.61. The average Bonchev–Trinajstić information content (AvgIpc) is 3.44. The van der Waals surface area contributed by atoms with Crippen LogP contribution in [0.3, 0.4) is 0 Å². The van der Waals surface area contributed by atoms with E-state index in [0.717, 1.165) is 50.5 Å². The lowest BCUT2D eigenvalue weighted by molar-refractivity contribution is -0.306. The lowest BCUT2D eigenvalue weighted by atomic mass is 9.46. The van der Waals surface area contributed by atoms with Crippen LogP contribution < -0.4 is 10.6 Å². The van der Waals surface area contributed by atoms with Crippen LogP contribution in [0.4, 0.5) is 4.39 Å². The number of benzene rings is 1. The molecule has 0 unspecified atom stereocenters. The molecule has 210 valence electrons. The molecule has 1 saturated heterocycles. The molecule has 2 amide bonds. The molecular weight excluding hydrogens is 487 g/mol. The maximum absolute atomic E-state index is 13.2. The number of aliphatic hydroxyl groups excluding tert-OH is 1. The Morgan fingerprint density at radius 1 is 1.03 bits per heavy atom. The van der Waals surface area contributed by atoms with Gasteiger partial charge in [-0.1, -0.05) is 38.8 Å². The second-order valence-corrected chi connectivity index (χ2v) is 12.6. The van der Waals surface area contributed by atoms with Crippen molar-refractivity contribution >= 4 is 11.8 Å². The monoisotopic (exact) mass is 530 g/mol. The highest BCUT2D eigenvalue weighted by Crippen LogP contribution is 2.62. The lowest BCUT2D eigenvalue weighted by Crippen LogP contribution is -2.63. The van der Waals surface area contributed by atoms with Crippen LogP contribution in [0.15, 0.2) is 24.3 Å². The molecule has 3 N–H and O–H groups in total. The van der Waals surface area contributed by atoms with E-state index in [1.54, 1.807) is 12.1 Å². The minimum atomic E-state index is -0.531. The van der Waals surface area contributed by atoms with Crippen LogP contribution in [0.2, 0.25) is 0 Å². The third-order valence-electron chi connectivity index (χ3n) is 10.2. The Labute approximate surface area is 225 Å². The quantitative estimate of drug-likeness (QED) is 0.494. The van der Waals surface area contributed by atoms with Crippen molar-refractivity contribution in [2.45, 2.75) is 96.7 Å². The molecule has 1 aliphatic heterocycles. The molecule has 7 nitrogen and oxygen atoms in total. The van der Waals surface area contributed by atoms with Crippen LogP contribution >= 0.6 is 0 Å². The maximum Gasteiger partial charge on any atom is 0.223 e. The van der Waals surface area contributed by atoms with E-state index in [-0.39, 0.29) is 58.7 Å². The topological polar surface area (TPSA) is 96.9 Å². The van der Waals surface area contributed by atoms with E-state index >= 15 is 0 Å². The Bertz CT molecular complexity index is 999. The minimum absolute atomic E-state index is 0.0194. The van der Waals surface area contributed by atoms with Crippen molar-refractivity contribution in [1.82, 2.24) is 10.6 Å². The molecule has 3 aliphatic carbocycles. The Morgan fingerprint density at radius 2 is 1.76 bits per heavy atom. The molecule has 4 fully saturated rings. The number of carbonyl (C=O) groups excluding carboxylic acids is 2. The number of aliphatic hydroxyl groups is 1. The molecule has 1 aromatic carbocycles. The molecule has 4 aliphatic rings. The van der Waals surface area contributed by atoms with Gasteiger partial charge in [-0.15, -0.1) is 0 Å². The summed E-state index contributed by atoms with van der Waals surface area (Å²) in [6.45, 7) is 5.72. The summed E-state index contributed by atoms with van der Waals surface area (Å²) < 4.78 is 25.8. The van der Waals surface area contributed by atoms with Crippen LogP contribution in [0.1, 0.15) is 77.2 Å². The number of hydrogen-bond donors (Lipinski definition) is 3. The molecule has 1 aromatic rings. The van der Waals surface area contributed by atoms with E-state index in [1.165, 1.54) is 12.1 Å². The van der Waals surface area contributed by atoms with Gasteiger partial charge < -0.3 is 25.2 Å². The predicted octanol–water partition coefficient (Wildman–Crippen LogP) is 4.07. The van der Waals surface area contributed by atoms with Crippen molar-refractivity contribution in [3.63, 3.8) is 0 Å². The van der Waals surface area contributed by atoms with Gasteiger partial charge in [-0.25, -0.2) is 4.39 Å². The average molecular weight is 531 g/mol. The molecule has 7 atom stereocenters. The van der Waals surface area contributed by atoms with Gasteiger partial charge in [-0.2, -0.15) is 0 Å². The number of nitrogens with one attached hydrogen (secondary N) is 2. The molecule has 1 heterocycles. The van der Waals surface area contributed by atoms with Crippen molar-refractivity contribution in [3.05, 3.63) is 35.6 Å². The Morgan fingerprint density at radius 3 is 2.50 bits per heavy atom. The smallest absolute Gasteiger partial charge is 0.223 e. The van der Waals surface area contributed by atoms with Crippen LogP contribution in [0.5, 0.6) is 0 Å². The standard InChI is InChI=1S/C30H43FN2O5/c1-29-14-13-25-30(2,18-37-27(38-25)17-33-28(36)20-5-3-4-6-20)24(29)12-11-23(34)22(29)15-26(35)32-16-19-7-9-21(31)10-8-19/h7-10,20,22-25,27,34H,3-6,11-18H2,1-2H3,(H,32,35)(H,33,36)/t22-,23-,24+,25-,27-,29+,30+/m1/s1. The van der Waals surface area contributed by atoms with E-state index in [1.807, 2.05) is 0 Å². The SMILES string of the molecule is C[C@@]12CO[C@@H](CNC(=O)C3CCCC3)O[C@@H]1CC[C@]1(C)[C@@H]2CC[C@@H](O)[C@H]1CC(=O)NCc1ccc(F)cc1. The van der Waals surface area contributed by atoms with Gasteiger partial charge in [-0.05, 0) is 73.5 Å². The second kappa shape index (κ2) is 11.2. The summed E-state index contributed by atoms with van der Waals surface area (Å²) in [6, 6.07) is 6.11. The van der Waals surface area contributed by atoms with Gasteiger partial charge in [0.05, 0.1) is 25.4 Å². The van der Waals surface area contributed by atoms with E-state index in [2.05, 4.69) is 24.5 Å². The van der Waals surface area contributed by atoms with E-state index in [9.17, 15) is 19.1 Å². The number of amides is 2. The number of rotatable bonds is 7. The Balaban J connectivity index is 1.19. The summed E-state index contributed by atoms with van der Waals surface area (Å²) in [5.74, 6) is -0.0680. The van der Waals surface area contributed by atoms with Crippen molar-refractivity contribution in [1.29, 1.82) is 0 Å². The fraction of sp³-hybridized carbons (Fsp3) is 0.733. The fourth-order valence-electron chi connectivity index (χ4n) is 7.98. The van der Waals surface area contributed by atoms with Crippen molar-refractivity contribution < 1.29 is 28.6 Å². The van der Waals surface area contributed by atoms with Gasteiger partial charge >= 0.3 is 0 Å². The first-order chi connectivity index (χ1) is 18.2. The summed E-state index contributed by atoms with van der Waals surface area (Å²) in [7, 11) is 0. The highest BCUT2D eigenvalue weighted by molar-refractivity contribution is 5.78. The molecule has 0 bridgehead atoms. The maximum atomic E-state index is 13.2. The normalized spacial score (nSPS) is 37.2. The highest BCUT2D eigenvalue weighted by atomic mass is 19.1.